The summed E-state index contributed by atoms with van der Waals surface area (Å²) in [4.78, 5) is 2.36. The molecule has 1 aliphatic heterocycles. The van der Waals surface area contributed by atoms with Gasteiger partial charge in [0.2, 0.25) is 0 Å². The van der Waals surface area contributed by atoms with Crippen LogP contribution in [-0.2, 0) is 0 Å². The summed E-state index contributed by atoms with van der Waals surface area (Å²) in [6, 6.07) is 8.59. The summed E-state index contributed by atoms with van der Waals surface area (Å²) in [6.07, 6.45) is 1.13. The molecule has 0 radical (unpaired) electrons. The Kier molecular flexibility index (Phi) is 3.18. The lowest BCUT2D eigenvalue weighted by Crippen LogP contribution is -2.53. The van der Waals surface area contributed by atoms with Crippen molar-refractivity contribution >= 4 is 5.69 Å². The molecule has 1 unspecified atom stereocenters. The van der Waals surface area contributed by atoms with E-state index in [1.54, 1.807) is 0 Å². The lowest BCUT2D eigenvalue weighted by atomic mass is 9.79. The molecule has 1 aromatic carbocycles. The topological polar surface area (TPSA) is 23.5 Å². The number of nitrogens with zero attached hydrogens (tertiary/aromatic N) is 1. The van der Waals surface area contributed by atoms with E-state index in [0.717, 1.165) is 6.42 Å². The summed E-state index contributed by atoms with van der Waals surface area (Å²) in [5.41, 5.74) is 2.10. The van der Waals surface area contributed by atoms with Crippen LogP contribution in [-0.4, -0.2) is 22.8 Å². The van der Waals surface area contributed by atoms with Crippen LogP contribution in [0, 0.1) is 0 Å². The van der Waals surface area contributed by atoms with Crippen molar-refractivity contribution in [3.05, 3.63) is 29.8 Å². The first kappa shape index (κ1) is 13.4. The Morgan fingerprint density at radius 1 is 1.33 bits per heavy atom. The number of hydrogen-bond acceptors (Lipinski definition) is 2. The van der Waals surface area contributed by atoms with Crippen molar-refractivity contribution in [1.82, 2.24) is 0 Å². The minimum Gasteiger partial charge on any atom is -0.389 e. The molecule has 2 nitrogen and oxygen atoms in total. The van der Waals surface area contributed by atoms with Crippen LogP contribution in [0.2, 0.25) is 0 Å². The average molecular weight is 247 g/mol. The van der Waals surface area contributed by atoms with Crippen molar-refractivity contribution in [3.8, 4) is 0 Å². The Bertz CT molecular complexity index is 431. The van der Waals surface area contributed by atoms with Crippen LogP contribution < -0.4 is 4.90 Å². The second-order valence-electron chi connectivity index (χ2n) is 6.88. The van der Waals surface area contributed by atoms with Gasteiger partial charge in [-0.05, 0) is 51.7 Å². The third-order valence-corrected chi connectivity index (χ3v) is 3.84. The summed E-state index contributed by atoms with van der Waals surface area (Å²) < 4.78 is 0. The van der Waals surface area contributed by atoms with Gasteiger partial charge in [-0.3, -0.25) is 0 Å². The van der Waals surface area contributed by atoms with Gasteiger partial charge in [0.25, 0.3) is 0 Å². The zero-order valence-corrected chi connectivity index (χ0v) is 12.2. The predicted molar refractivity (Wildman–Crippen MR) is 77.2 cm³/mol. The summed E-state index contributed by atoms with van der Waals surface area (Å²) in [5, 5.41) is 10.2. The second-order valence-corrected chi connectivity index (χ2v) is 6.88. The van der Waals surface area contributed by atoms with E-state index >= 15 is 0 Å². The molecule has 0 aromatic heterocycles. The standard InChI is InChI=1S/C16H25NO/c1-12-10-15(2,3)17(11-16(4,5)18)14-9-7-6-8-13(12)14/h6-9,12,18H,10-11H2,1-5H3. The van der Waals surface area contributed by atoms with Gasteiger partial charge >= 0.3 is 0 Å². The van der Waals surface area contributed by atoms with Crippen molar-refractivity contribution in [2.24, 2.45) is 0 Å². The van der Waals surface area contributed by atoms with E-state index in [1.165, 1.54) is 11.3 Å². The molecular formula is C16H25NO. The molecule has 1 heterocycles. The maximum atomic E-state index is 10.2. The van der Waals surface area contributed by atoms with Crippen molar-refractivity contribution in [2.45, 2.75) is 58.1 Å². The minimum absolute atomic E-state index is 0.0910. The Balaban J connectivity index is 2.45. The molecule has 1 aliphatic rings. The highest BCUT2D eigenvalue weighted by Gasteiger charge is 2.38. The summed E-state index contributed by atoms with van der Waals surface area (Å²) in [7, 11) is 0. The van der Waals surface area contributed by atoms with Crippen LogP contribution in [0.1, 0.15) is 52.5 Å². The smallest absolute Gasteiger partial charge is 0.0766 e. The molecular weight excluding hydrogens is 222 g/mol. The molecule has 0 saturated carbocycles. The number of β-amino-alcohol motifs (C(OH)–C–C–N with tert-alkyl or cyclic N) is 1. The number of fused-ring (bicyclic) bond motifs is 1. The number of benzene rings is 1. The van der Waals surface area contributed by atoms with E-state index < -0.39 is 5.60 Å². The van der Waals surface area contributed by atoms with Gasteiger partial charge in [-0.25, -0.2) is 0 Å². The summed E-state index contributed by atoms with van der Waals surface area (Å²) >= 11 is 0. The van der Waals surface area contributed by atoms with Crippen LogP contribution in [0.3, 0.4) is 0 Å². The molecule has 1 N–H and O–H groups in total. The van der Waals surface area contributed by atoms with E-state index in [0.29, 0.717) is 12.5 Å². The first-order valence-electron chi connectivity index (χ1n) is 6.80. The van der Waals surface area contributed by atoms with Crippen LogP contribution >= 0.6 is 0 Å². The quantitative estimate of drug-likeness (QED) is 0.864. The zero-order chi connectivity index (χ0) is 13.6. The number of anilines is 1. The predicted octanol–water partition coefficient (Wildman–Crippen LogP) is 3.55. The average Bonchev–Trinajstić information content (AvgIpc) is 2.22. The molecule has 0 fully saturated rings. The number of para-hydroxylation sites is 1. The van der Waals surface area contributed by atoms with E-state index in [-0.39, 0.29) is 5.54 Å². The molecule has 0 saturated heterocycles. The lowest BCUT2D eigenvalue weighted by molar-refractivity contribution is 0.0802. The highest BCUT2D eigenvalue weighted by atomic mass is 16.3. The largest absolute Gasteiger partial charge is 0.389 e. The van der Waals surface area contributed by atoms with Gasteiger partial charge in [0.15, 0.2) is 0 Å². The molecule has 0 amide bonds. The lowest BCUT2D eigenvalue weighted by Gasteiger charge is -2.49. The normalized spacial score (nSPS) is 22.8. The van der Waals surface area contributed by atoms with E-state index in [9.17, 15) is 5.11 Å². The minimum atomic E-state index is -0.676. The van der Waals surface area contributed by atoms with Gasteiger partial charge in [-0.15, -0.1) is 0 Å². The monoisotopic (exact) mass is 247 g/mol. The molecule has 0 spiro atoms. The van der Waals surface area contributed by atoms with Crippen LogP contribution in [0.4, 0.5) is 5.69 Å². The second kappa shape index (κ2) is 4.27. The Hall–Kier alpha value is -1.02. The summed E-state index contributed by atoms with van der Waals surface area (Å²) in [5.74, 6) is 0.578. The SMILES string of the molecule is CC1CC(C)(C)N(CC(C)(C)O)c2ccccc21. The molecule has 0 bridgehead atoms. The van der Waals surface area contributed by atoms with Crippen LogP contribution in [0.5, 0.6) is 0 Å². The number of aliphatic hydroxyl groups is 1. The Labute approximate surface area is 111 Å². The molecule has 1 atom stereocenters. The van der Waals surface area contributed by atoms with E-state index in [4.69, 9.17) is 0 Å². The summed E-state index contributed by atoms with van der Waals surface area (Å²) in [6.45, 7) is 11.3. The molecule has 2 rings (SSSR count). The fraction of sp³-hybridized carbons (Fsp3) is 0.625. The van der Waals surface area contributed by atoms with Crippen molar-refractivity contribution in [1.29, 1.82) is 0 Å². The van der Waals surface area contributed by atoms with Crippen molar-refractivity contribution in [3.63, 3.8) is 0 Å². The van der Waals surface area contributed by atoms with Gasteiger partial charge in [0.05, 0.1) is 5.60 Å². The maximum absolute atomic E-state index is 10.2. The van der Waals surface area contributed by atoms with Crippen molar-refractivity contribution < 1.29 is 5.11 Å². The molecule has 0 aliphatic carbocycles. The molecule has 2 heteroatoms. The van der Waals surface area contributed by atoms with Gasteiger partial charge in [-0.1, -0.05) is 25.1 Å². The highest BCUT2D eigenvalue weighted by molar-refractivity contribution is 5.59. The van der Waals surface area contributed by atoms with Crippen molar-refractivity contribution in [2.75, 3.05) is 11.4 Å². The number of hydrogen-bond donors (Lipinski definition) is 1. The third kappa shape index (κ3) is 2.54. The first-order valence-corrected chi connectivity index (χ1v) is 6.80. The fourth-order valence-corrected chi connectivity index (χ4v) is 3.13. The van der Waals surface area contributed by atoms with Crippen LogP contribution in [0.15, 0.2) is 24.3 Å². The number of rotatable bonds is 2. The van der Waals surface area contributed by atoms with Gasteiger partial charge in [-0.2, -0.15) is 0 Å². The fourth-order valence-electron chi connectivity index (χ4n) is 3.13. The maximum Gasteiger partial charge on any atom is 0.0766 e. The Morgan fingerprint density at radius 3 is 2.56 bits per heavy atom. The highest BCUT2D eigenvalue weighted by Crippen LogP contribution is 2.43. The van der Waals surface area contributed by atoms with Crippen LogP contribution in [0.25, 0.3) is 0 Å². The molecule has 1 aromatic rings. The van der Waals surface area contributed by atoms with Gasteiger partial charge in [0, 0.05) is 17.8 Å². The third-order valence-electron chi connectivity index (χ3n) is 3.84. The zero-order valence-electron chi connectivity index (χ0n) is 12.2. The molecule has 18 heavy (non-hydrogen) atoms. The first-order chi connectivity index (χ1) is 8.21. The van der Waals surface area contributed by atoms with Gasteiger partial charge in [0.1, 0.15) is 0 Å². The Morgan fingerprint density at radius 2 is 1.94 bits per heavy atom. The van der Waals surface area contributed by atoms with E-state index in [2.05, 4.69) is 49.9 Å². The van der Waals surface area contributed by atoms with E-state index in [1.807, 2.05) is 13.8 Å². The van der Waals surface area contributed by atoms with Gasteiger partial charge < -0.3 is 10.0 Å². The molecule has 100 valence electrons.